The summed E-state index contributed by atoms with van der Waals surface area (Å²) in [7, 11) is 0. The highest BCUT2D eigenvalue weighted by Gasteiger charge is 2.30. The van der Waals surface area contributed by atoms with E-state index in [4.69, 9.17) is 0 Å². The summed E-state index contributed by atoms with van der Waals surface area (Å²) in [5, 5.41) is 15.2. The molecule has 0 amide bonds. The zero-order valence-corrected chi connectivity index (χ0v) is 10.4. The van der Waals surface area contributed by atoms with E-state index >= 15 is 0 Å². The third-order valence-electron chi connectivity index (χ3n) is 3.04. The predicted octanol–water partition coefficient (Wildman–Crippen LogP) is 0.554. The number of rotatable bonds is 2. The van der Waals surface area contributed by atoms with Gasteiger partial charge in [-0.25, -0.2) is 14.8 Å². The number of piperazine rings is 1. The fraction of sp³-hybridized carbons (Fsp3) is 0.364. The number of anilines is 1. The van der Waals surface area contributed by atoms with E-state index in [1.54, 1.807) is 0 Å². The summed E-state index contributed by atoms with van der Waals surface area (Å²) in [6.07, 6.45) is 1.50. The average Bonchev–Trinajstić information content (AvgIpc) is 2.86. The van der Waals surface area contributed by atoms with Crippen LogP contribution < -0.4 is 10.2 Å². The Morgan fingerprint density at radius 3 is 3.28 bits per heavy atom. The highest BCUT2D eigenvalue weighted by Crippen LogP contribution is 2.28. The molecular formula is C11H12N4O2S. The van der Waals surface area contributed by atoms with Crippen LogP contribution in [0.5, 0.6) is 0 Å². The Labute approximate surface area is 107 Å². The van der Waals surface area contributed by atoms with Crippen molar-refractivity contribution in [2.75, 3.05) is 24.5 Å². The Balaban J connectivity index is 2.06. The van der Waals surface area contributed by atoms with E-state index in [-0.39, 0.29) is 0 Å². The fourth-order valence-corrected chi connectivity index (χ4v) is 2.91. The maximum Gasteiger partial charge on any atom is 0.327 e. The molecule has 1 atom stereocenters. The van der Waals surface area contributed by atoms with Crippen LogP contribution in [0.3, 0.4) is 0 Å². The third kappa shape index (κ3) is 1.81. The summed E-state index contributed by atoms with van der Waals surface area (Å²) in [4.78, 5) is 22.5. The summed E-state index contributed by atoms with van der Waals surface area (Å²) in [6, 6.07) is 1.37. The normalized spacial score (nSPS) is 20.2. The van der Waals surface area contributed by atoms with Gasteiger partial charge in [0.15, 0.2) is 0 Å². The summed E-state index contributed by atoms with van der Waals surface area (Å²) in [5.74, 6) is -0.112. The Morgan fingerprint density at radius 1 is 1.56 bits per heavy atom. The minimum atomic E-state index is -0.829. The number of nitrogens with one attached hydrogen (secondary N) is 1. The van der Waals surface area contributed by atoms with Gasteiger partial charge in [0.2, 0.25) is 0 Å². The van der Waals surface area contributed by atoms with Gasteiger partial charge in [0, 0.05) is 19.6 Å². The topological polar surface area (TPSA) is 78.4 Å². The smallest absolute Gasteiger partial charge is 0.327 e. The second kappa shape index (κ2) is 4.51. The molecule has 0 radical (unpaired) electrons. The van der Waals surface area contributed by atoms with Crippen LogP contribution in [0, 0.1) is 0 Å². The van der Waals surface area contributed by atoms with Crippen molar-refractivity contribution in [3.63, 3.8) is 0 Å². The molecule has 0 bridgehead atoms. The van der Waals surface area contributed by atoms with Gasteiger partial charge in [-0.15, -0.1) is 11.3 Å². The molecule has 1 aliphatic heterocycles. The molecule has 18 heavy (non-hydrogen) atoms. The second-order valence-corrected chi connectivity index (χ2v) is 4.98. The Bertz CT molecular complexity index is 585. The molecule has 3 heterocycles. The number of fused-ring (bicyclic) bond motifs is 1. The first-order chi connectivity index (χ1) is 8.77. The number of carboxylic acid groups (broad SMARTS) is 1. The third-order valence-corrected chi connectivity index (χ3v) is 3.86. The molecule has 2 aromatic heterocycles. The molecule has 0 saturated carbocycles. The number of carbonyl (C=O) groups is 1. The second-order valence-electron chi connectivity index (χ2n) is 4.09. The van der Waals surface area contributed by atoms with E-state index in [9.17, 15) is 9.90 Å². The summed E-state index contributed by atoms with van der Waals surface area (Å²) < 4.78 is 0. The maximum atomic E-state index is 11.3. The van der Waals surface area contributed by atoms with Crippen molar-refractivity contribution in [1.29, 1.82) is 0 Å². The number of hydrogen-bond donors (Lipinski definition) is 2. The van der Waals surface area contributed by atoms with Crippen LogP contribution in [0.1, 0.15) is 0 Å². The van der Waals surface area contributed by atoms with E-state index in [1.165, 1.54) is 17.7 Å². The van der Waals surface area contributed by atoms with Crippen LogP contribution in [0.2, 0.25) is 0 Å². The van der Waals surface area contributed by atoms with Crippen molar-refractivity contribution in [2.24, 2.45) is 0 Å². The number of carboxylic acids is 1. The van der Waals surface area contributed by atoms with E-state index in [0.717, 1.165) is 22.6 Å². The largest absolute Gasteiger partial charge is 0.480 e. The first-order valence-corrected chi connectivity index (χ1v) is 6.53. The molecule has 1 aliphatic rings. The first-order valence-electron chi connectivity index (χ1n) is 5.66. The number of aromatic nitrogens is 2. The molecule has 94 valence electrons. The summed E-state index contributed by atoms with van der Waals surface area (Å²) in [5.41, 5.74) is 0. The van der Waals surface area contributed by atoms with Gasteiger partial charge in [-0.2, -0.15) is 0 Å². The van der Waals surface area contributed by atoms with Crippen molar-refractivity contribution < 1.29 is 9.90 Å². The van der Waals surface area contributed by atoms with Crippen molar-refractivity contribution in [1.82, 2.24) is 15.3 Å². The van der Waals surface area contributed by atoms with Crippen molar-refractivity contribution >= 4 is 33.3 Å². The van der Waals surface area contributed by atoms with Gasteiger partial charge in [-0.05, 0) is 11.4 Å². The van der Waals surface area contributed by atoms with E-state index in [1.807, 2.05) is 16.3 Å². The van der Waals surface area contributed by atoms with Crippen LogP contribution in [0.15, 0.2) is 17.8 Å². The van der Waals surface area contributed by atoms with Gasteiger partial charge in [-0.1, -0.05) is 0 Å². The Kier molecular flexibility index (Phi) is 2.85. The highest BCUT2D eigenvalue weighted by atomic mass is 32.1. The molecule has 2 N–H and O–H groups in total. The van der Waals surface area contributed by atoms with E-state index < -0.39 is 12.0 Å². The average molecular weight is 264 g/mol. The van der Waals surface area contributed by atoms with Crippen LogP contribution in [-0.4, -0.2) is 46.7 Å². The van der Waals surface area contributed by atoms with Gasteiger partial charge < -0.3 is 15.3 Å². The van der Waals surface area contributed by atoms with Crippen molar-refractivity contribution in [3.05, 3.63) is 17.8 Å². The quantitative estimate of drug-likeness (QED) is 0.825. The molecule has 6 nitrogen and oxygen atoms in total. The lowest BCUT2D eigenvalue weighted by Gasteiger charge is -2.34. The molecule has 2 aromatic rings. The molecule has 0 aliphatic carbocycles. The van der Waals surface area contributed by atoms with Gasteiger partial charge in [0.1, 0.15) is 23.0 Å². The molecule has 3 rings (SSSR count). The van der Waals surface area contributed by atoms with Gasteiger partial charge in [0.05, 0.1) is 5.39 Å². The monoisotopic (exact) mass is 264 g/mol. The van der Waals surface area contributed by atoms with Gasteiger partial charge >= 0.3 is 5.97 Å². The zero-order chi connectivity index (χ0) is 12.5. The standard InChI is InChI=1S/C11H12N4O2S/c16-11(17)8-5-12-2-3-15(8)9-7-1-4-18-10(7)14-6-13-9/h1,4,6,8,12H,2-3,5H2,(H,16,17). The molecule has 1 fully saturated rings. The first kappa shape index (κ1) is 11.4. The molecule has 1 unspecified atom stereocenters. The zero-order valence-electron chi connectivity index (χ0n) is 9.54. The number of thiophene rings is 1. The fourth-order valence-electron chi connectivity index (χ4n) is 2.18. The highest BCUT2D eigenvalue weighted by molar-refractivity contribution is 7.16. The lowest BCUT2D eigenvalue weighted by molar-refractivity contribution is -0.138. The lowest BCUT2D eigenvalue weighted by Crippen LogP contribution is -2.55. The van der Waals surface area contributed by atoms with Crippen LogP contribution >= 0.6 is 11.3 Å². The molecule has 0 aromatic carbocycles. The van der Waals surface area contributed by atoms with Crippen molar-refractivity contribution in [2.45, 2.75) is 6.04 Å². The maximum absolute atomic E-state index is 11.3. The van der Waals surface area contributed by atoms with E-state index in [0.29, 0.717) is 13.1 Å². The Hall–Kier alpha value is -1.73. The molecule has 1 saturated heterocycles. The summed E-state index contributed by atoms with van der Waals surface area (Å²) >= 11 is 1.53. The van der Waals surface area contributed by atoms with Crippen LogP contribution in [0.4, 0.5) is 5.82 Å². The Morgan fingerprint density at radius 2 is 2.44 bits per heavy atom. The molecule has 0 spiro atoms. The minimum Gasteiger partial charge on any atom is -0.480 e. The molecular weight excluding hydrogens is 252 g/mol. The van der Waals surface area contributed by atoms with E-state index in [2.05, 4.69) is 15.3 Å². The van der Waals surface area contributed by atoms with Crippen molar-refractivity contribution in [3.8, 4) is 0 Å². The SMILES string of the molecule is O=C(O)C1CNCCN1c1ncnc2sccc12. The number of hydrogen-bond acceptors (Lipinski definition) is 6. The number of aliphatic carboxylic acids is 1. The number of nitrogens with zero attached hydrogens (tertiary/aromatic N) is 3. The summed E-state index contributed by atoms with van der Waals surface area (Å²) in [6.45, 7) is 1.84. The minimum absolute atomic E-state index is 0.435. The predicted molar refractivity (Wildman–Crippen MR) is 69.1 cm³/mol. The lowest BCUT2D eigenvalue weighted by atomic mass is 10.2. The molecule has 7 heteroatoms. The van der Waals surface area contributed by atoms with Gasteiger partial charge in [0.25, 0.3) is 0 Å². The van der Waals surface area contributed by atoms with Gasteiger partial charge in [-0.3, -0.25) is 0 Å². The van der Waals surface area contributed by atoms with Crippen LogP contribution in [0.25, 0.3) is 10.2 Å². The van der Waals surface area contributed by atoms with Crippen LogP contribution in [-0.2, 0) is 4.79 Å².